The number of aliphatic hydroxyl groups excluding tert-OH is 1. The van der Waals surface area contributed by atoms with Crippen LogP contribution in [0.3, 0.4) is 0 Å². The van der Waals surface area contributed by atoms with Crippen LogP contribution >= 0.6 is 0 Å². The second-order valence-corrected chi connectivity index (χ2v) is 13.6. The van der Waals surface area contributed by atoms with Crippen LogP contribution in [-0.4, -0.2) is 11.2 Å². The molecule has 1 nitrogen and oxygen atoms in total. The van der Waals surface area contributed by atoms with E-state index in [0.29, 0.717) is 22.2 Å². The van der Waals surface area contributed by atoms with Crippen LogP contribution in [0, 0.1) is 39.4 Å². The summed E-state index contributed by atoms with van der Waals surface area (Å²) in [6.45, 7) is 21.5. The largest absolute Gasteiger partial charge is 0.393 e. The molecule has 2 fully saturated rings. The van der Waals surface area contributed by atoms with Gasteiger partial charge in [0.25, 0.3) is 0 Å². The molecule has 31 heavy (non-hydrogen) atoms. The van der Waals surface area contributed by atoms with Crippen molar-refractivity contribution in [3.63, 3.8) is 0 Å². The van der Waals surface area contributed by atoms with Crippen molar-refractivity contribution in [3.8, 4) is 0 Å². The van der Waals surface area contributed by atoms with Crippen molar-refractivity contribution in [2.24, 2.45) is 39.4 Å². The zero-order valence-electron chi connectivity index (χ0n) is 21.7. The molecular formula is C30H50O. The van der Waals surface area contributed by atoms with Crippen molar-refractivity contribution in [1.82, 2.24) is 0 Å². The molecule has 0 aromatic carbocycles. The maximum absolute atomic E-state index is 10.8. The molecule has 1 N–H and O–H groups in total. The van der Waals surface area contributed by atoms with Crippen molar-refractivity contribution in [2.45, 2.75) is 125 Å². The minimum absolute atomic E-state index is 0.0448. The molecule has 0 bridgehead atoms. The van der Waals surface area contributed by atoms with Crippen LogP contribution in [0.1, 0.15) is 119 Å². The van der Waals surface area contributed by atoms with Crippen molar-refractivity contribution in [3.05, 3.63) is 23.3 Å². The smallest absolute Gasteiger partial charge is 0.0594 e. The fourth-order valence-corrected chi connectivity index (χ4v) is 9.56. The molecule has 0 saturated heterocycles. The van der Waals surface area contributed by atoms with Crippen LogP contribution in [0.25, 0.3) is 0 Å². The highest BCUT2D eigenvalue weighted by atomic mass is 16.3. The van der Waals surface area contributed by atoms with Gasteiger partial charge in [-0.2, -0.15) is 0 Å². The Morgan fingerprint density at radius 2 is 1.71 bits per heavy atom. The van der Waals surface area contributed by atoms with Gasteiger partial charge in [-0.15, -0.1) is 6.58 Å². The molecule has 2 saturated carbocycles. The predicted octanol–water partition coefficient (Wildman–Crippen LogP) is 8.48. The van der Waals surface area contributed by atoms with Gasteiger partial charge in [0.15, 0.2) is 0 Å². The molecule has 0 spiro atoms. The van der Waals surface area contributed by atoms with Gasteiger partial charge in [-0.1, -0.05) is 64.7 Å². The Hall–Kier alpha value is -0.560. The maximum atomic E-state index is 10.8. The number of rotatable bonds is 5. The first-order valence-corrected chi connectivity index (χ1v) is 13.4. The molecule has 4 rings (SSSR count). The van der Waals surface area contributed by atoms with Crippen LogP contribution in [0.2, 0.25) is 0 Å². The van der Waals surface area contributed by atoms with E-state index in [1.54, 1.807) is 0 Å². The van der Waals surface area contributed by atoms with Gasteiger partial charge >= 0.3 is 0 Å². The highest BCUT2D eigenvalue weighted by Gasteiger charge is 2.63. The van der Waals surface area contributed by atoms with E-state index in [1.165, 1.54) is 69.8 Å². The second kappa shape index (κ2) is 7.75. The highest BCUT2D eigenvalue weighted by Crippen LogP contribution is 2.72. The lowest BCUT2D eigenvalue weighted by Gasteiger charge is -2.62. The Morgan fingerprint density at radius 3 is 2.39 bits per heavy atom. The van der Waals surface area contributed by atoms with E-state index in [4.69, 9.17) is 0 Å². The zero-order valence-corrected chi connectivity index (χ0v) is 21.7. The van der Waals surface area contributed by atoms with Crippen molar-refractivity contribution in [1.29, 1.82) is 0 Å². The summed E-state index contributed by atoms with van der Waals surface area (Å²) in [7, 11) is 0. The summed E-state index contributed by atoms with van der Waals surface area (Å²) < 4.78 is 0. The van der Waals surface area contributed by atoms with E-state index in [1.807, 2.05) is 11.1 Å². The molecule has 0 unspecified atom stereocenters. The van der Waals surface area contributed by atoms with Gasteiger partial charge in [0, 0.05) is 0 Å². The number of hydrogen-bond donors (Lipinski definition) is 1. The Morgan fingerprint density at radius 1 is 1.00 bits per heavy atom. The molecule has 0 heterocycles. The van der Waals surface area contributed by atoms with Crippen LogP contribution in [0.4, 0.5) is 0 Å². The van der Waals surface area contributed by atoms with Crippen LogP contribution in [-0.2, 0) is 0 Å². The third-order valence-corrected chi connectivity index (χ3v) is 11.7. The number of fused-ring (bicyclic) bond motifs is 4. The Kier molecular flexibility index (Phi) is 5.90. The molecule has 0 aliphatic heterocycles. The lowest BCUT2D eigenvalue weighted by molar-refractivity contribution is -0.0962. The van der Waals surface area contributed by atoms with E-state index in [2.05, 4.69) is 55.0 Å². The van der Waals surface area contributed by atoms with Gasteiger partial charge in [0.1, 0.15) is 0 Å². The molecular weight excluding hydrogens is 376 g/mol. The summed E-state index contributed by atoms with van der Waals surface area (Å²) >= 11 is 0. The number of aliphatic hydroxyl groups is 1. The fraction of sp³-hybridized carbons (Fsp3) is 0.867. The van der Waals surface area contributed by atoms with E-state index >= 15 is 0 Å². The minimum atomic E-state index is -0.131. The molecule has 176 valence electrons. The summed E-state index contributed by atoms with van der Waals surface area (Å²) in [6, 6.07) is 0. The normalized spacial score (nSPS) is 45.0. The maximum Gasteiger partial charge on any atom is 0.0594 e. The van der Waals surface area contributed by atoms with E-state index in [0.717, 1.165) is 18.3 Å². The quantitative estimate of drug-likeness (QED) is 0.437. The first kappa shape index (κ1) is 23.6. The van der Waals surface area contributed by atoms with Crippen LogP contribution in [0.15, 0.2) is 23.3 Å². The van der Waals surface area contributed by atoms with E-state index in [-0.39, 0.29) is 11.5 Å². The summed E-state index contributed by atoms with van der Waals surface area (Å²) in [5.74, 6) is 2.32. The highest BCUT2D eigenvalue weighted by molar-refractivity contribution is 5.38. The molecule has 0 aromatic rings. The van der Waals surface area contributed by atoms with Gasteiger partial charge in [-0.05, 0) is 111 Å². The standard InChI is InChI=1S/C30H50O/c1-20(2)10-9-11-21(3)22-14-18-30(8)24-12-13-25-27(4,5)26(31)16-17-28(25,6)23(24)15-19-29(22,30)7/h21-22,25-26,31H,1,9-19H2,2-8H3/t21-,22-,25+,26+,28-,29-,30+/m1/s1. The van der Waals surface area contributed by atoms with Crippen molar-refractivity contribution in [2.75, 3.05) is 0 Å². The third kappa shape index (κ3) is 3.34. The molecule has 4 aliphatic carbocycles. The third-order valence-electron chi connectivity index (χ3n) is 11.7. The lowest BCUT2D eigenvalue weighted by atomic mass is 9.43. The molecule has 0 amide bonds. The Labute approximate surface area is 193 Å². The van der Waals surface area contributed by atoms with Crippen LogP contribution in [0.5, 0.6) is 0 Å². The average molecular weight is 427 g/mol. The zero-order chi connectivity index (χ0) is 22.8. The van der Waals surface area contributed by atoms with Crippen molar-refractivity contribution < 1.29 is 5.11 Å². The Bertz CT molecular complexity index is 758. The number of hydrogen-bond acceptors (Lipinski definition) is 1. The summed E-state index contributed by atoms with van der Waals surface area (Å²) in [5.41, 5.74) is 6.27. The van der Waals surface area contributed by atoms with Gasteiger partial charge in [0.2, 0.25) is 0 Å². The first-order valence-electron chi connectivity index (χ1n) is 13.4. The first-order chi connectivity index (χ1) is 14.4. The van der Waals surface area contributed by atoms with Crippen molar-refractivity contribution >= 4 is 0 Å². The summed E-state index contributed by atoms with van der Waals surface area (Å²) in [4.78, 5) is 0. The lowest BCUT2D eigenvalue weighted by Crippen LogP contribution is -2.55. The molecule has 0 radical (unpaired) electrons. The average Bonchev–Trinajstić information content (AvgIpc) is 2.96. The monoisotopic (exact) mass is 426 g/mol. The SMILES string of the molecule is C=C(C)CCC[C@@H](C)[C@H]1CC[C@@]2(C)C3=C(CC[C@]12C)[C@@]1(C)CC[C@H](O)C(C)(C)[C@@H]1CC3. The van der Waals surface area contributed by atoms with Gasteiger partial charge in [-0.25, -0.2) is 0 Å². The van der Waals surface area contributed by atoms with Crippen LogP contribution < -0.4 is 0 Å². The predicted molar refractivity (Wildman–Crippen MR) is 133 cm³/mol. The molecule has 7 atom stereocenters. The second-order valence-electron chi connectivity index (χ2n) is 13.6. The molecule has 0 aromatic heterocycles. The topological polar surface area (TPSA) is 20.2 Å². The fourth-order valence-electron chi connectivity index (χ4n) is 9.56. The van der Waals surface area contributed by atoms with E-state index in [9.17, 15) is 5.11 Å². The van der Waals surface area contributed by atoms with Gasteiger partial charge in [0.05, 0.1) is 6.10 Å². The Balaban J connectivity index is 1.63. The van der Waals surface area contributed by atoms with Gasteiger partial charge < -0.3 is 5.11 Å². The van der Waals surface area contributed by atoms with E-state index < -0.39 is 0 Å². The minimum Gasteiger partial charge on any atom is -0.393 e. The number of allylic oxidation sites excluding steroid dienone is 3. The molecule has 1 heteroatoms. The summed E-state index contributed by atoms with van der Waals surface area (Å²) in [6.07, 6.45) is 14.0. The molecule has 4 aliphatic rings. The van der Waals surface area contributed by atoms with Gasteiger partial charge in [-0.3, -0.25) is 0 Å². The summed E-state index contributed by atoms with van der Waals surface area (Å²) in [5, 5.41) is 10.8.